The van der Waals surface area contributed by atoms with Crippen LogP contribution in [-0.4, -0.2) is 24.5 Å². The largest absolute Gasteiger partial charge is 0.481 e. The number of carbonyl (C=O) groups is 1. The molecule has 1 aromatic heterocycles. The van der Waals surface area contributed by atoms with Crippen LogP contribution in [0.15, 0.2) is 42.6 Å². The molecule has 1 amide bonds. The molecule has 2 aromatic rings. The Kier molecular flexibility index (Phi) is 5.22. The molecule has 0 radical (unpaired) electrons. The number of methoxy groups -OCH3 is 1. The third-order valence-electron chi connectivity index (χ3n) is 2.75. The normalized spacial score (nSPS) is 10.2. The average Bonchev–Trinajstić information content (AvgIpc) is 2.50. The maximum absolute atomic E-state index is 12.7. The fourth-order valence-electron chi connectivity index (χ4n) is 1.73. The Morgan fingerprint density at radius 1 is 1.29 bits per heavy atom. The summed E-state index contributed by atoms with van der Waals surface area (Å²) in [6, 6.07) is 9.26. The Morgan fingerprint density at radius 3 is 2.76 bits per heavy atom. The number of halogens is 1. The molecule has 2 N–H and O–H groups in total. The molecule has 110 valence electrons. The lowest BCUT2D eigenvalue weighted by molar-refractivity contribution is -0.115. The van der Waals surface area contributed by atoms with Gasteiger partial charge in [0.2, 0.25) is 11.8 Å². The van der Waals surface area contributed by atoms with E-state index < -0.39 is 0 Å². The summed E-state index contributed by atoms with van der Waals surface area (Å²) in [7, 11) is 1.55. The zero-order valence-corrected chi connectivity index (χ0v) is 11.6. The van der Waals surface area contributed by atoms with Crippen LogP contribution >= 0.6 is 0 Å². The van der Waals surface area contributed by atoms with Crippen LogP contribution in [0.25, 0.3) is 0 Å². The van der Waals surface area contributed by atoms with E-state index in [-0.39, 0.29) is 18.3 Å². The van der Waals surface area contributed by atoms with Crippen molar-refractivity contribution in [2.75, 3.05) is 19.0 Å². The molecule has 1 heterocycles. The SMILES string of the molecule is COc1cc(CNCC(=O)Nc2ccc(F)cc2)ccn1. The van der Waals surface area contributed by atoms with Gasteiger partial charge in [-0.25, -0.2) is 9.37 Å². The standard InChI is InChI=1S/C15H16FN3O2/c1-21-15-8-11(6-7-18-15)9-17-10-14(20)19-13-4-2-12(16)3-5-13/h2-8,17H,9-10H2,1H3,(H,19,20). The number of carbonyl (C=O) groups excluding carboxylic acids is 1. The van der Waals surface area contributed by atoms with E-state index in [2.05, 4.69) is 15.6 Å². The van der Waals surface area contributed by atoms with E-state index in [1.165, 1.54) is 24.3 Å². The van der Waals surface area contributed by atoms with Crippen molar-refractivity contribution in [3.8, 4) is 5.88 Å². The number of anilines is 1. The number of hydrogen-bond acceptors (Lipinski definition) is 4. The van der Waals surface area contributed by atoms with Crippen molar-refractivity contribution < 1.29 is 13.9 Å². The Bertz CT molecular complexity index is 602. The van der Waals surface area contributed by atoms with Crippen molar-refractivity contribution in [3.05, 3.63) is 54.0 Å². The molecule has 0 spiro atoms. The molecule has 0 atom stereocenters. The number of nitrogens with zero attached hydrogens (tertiary/aromatic N) is 1. The molecule has 21 heavy (non-hydrogen) atoms. The molecule has 0 aliphatic heterocycles. The van der Waals surface area contributed by atoms with Crippen LogP contribution in [0.1, 0.15) is 5.56 Å². The molecule has 0 aliphatic rings. The lowest BCUT2D eigenvalue weighted by Crippen LogP contribution is -2.27. The smallest absolute Gasteiger partial charge is 0.238 e. The van der Waals surface area contributed by atoms with Crippen molar-refractivity contribution in [2.45, 2.75) is 6.54 Å². The highest BCUT2D eigenvalue weighted by Crippen LogP contribution is 2.09. The highest BCUT2D eigenvalue weighted by atomic mass is 19.1. The molecule has 0 saturated carbocycles. The van der Waals surface area contributed by atoms with Crippen LogP contribution in [0.4, 0.5) is 10.1 Å². The summed E-state index contributed by atoms with van der Waals surface area (Å²) in [4.78, 5) is 15.7. The number of benzene rings is 1. The molecular weight excluding hydrogens is 273 g/mol. The zero-order valence-electron chi connectivity index (χ0n) is 11.6. The first-order valence-corrected chi connectivity index (χ1v) is 6.42. The second-order valence-corrected chi connectivity index (χ2v) is 4.37. The highest BCUT2D eigenvalue weighted by Gasteiger charge is 2.03. The van der Waals surface area contributed by atoms with Gasteiger partial charge in [-0.1, -0.05) is 0 Å². The van der Waals surface area contributed by atoms with E-state index in [0.717, 1.165) is 5.56 Å². The van der Waals surface area contributed by atoms with Gasteiger partial charge in [-0.05, 0) is 35.9 Å². The van der Waals surface area contributed by atoms with Crippen LogP contribution < -0.4 is 15.4 Å². The zero-order chi connectivity index (χ0) is 15.1. The number of rotatable bonds is 6. The van der Waals surface area contributed by atoms with E-state index in [0.29, 0.717) is 18.1 Å². The van der Waals surface area contributed by atoms with Crippen LogP contribution in [0.3, 0.4) is 0 Å². The number of nitrogens with one attached hydrogen (secondary N) is 2. The number of hydrogen-bond donors (Lipinski definition) is 2. The molecule has 0 unspecified atom stereocenters. The molecule has 0 bridgehead atoms. The van der Waals surface area contributed by atoms with Gasteiger partial charge in [0.1, 0.15) is 5.82 Å². The van der Waals surface area contributed by atoms with E-state index in [9.17, 15) is 9.18 Å². The van der Waals surface area contributed by atoms with Gasteiger partial charge >= 0.3 is 0 Å². The second kappa shape index (κ2) is 7.35. The summed E-state index contributed by atoms with van der Waals surface area (Å²) in [6.45, 7) is 0.678. The van der Waals surface area contributed by atoms with Crippen LogP contribution in [-0.2, 0) is 11.3 Å². The van der Waals surface area contributed by atoms with Crippen LogP contribution in [0, 0.1) is 5.82 Å². The van der Waals surface area contributed by atoms with Crippen molar-refractivity contribution in [1.29, 1.82) is 0 Å². The minimum absolute atomic E-state index is 0.155. The third kappa shape index (κ3) is 4.85. The van der Waals surface area contributed by atoms with Crippen molar-refractivity contribution >= 4 is 11.6 Å². The molecule has 6 heteroatoms. The van der Waals surface area contributed by atoms with Gasteiger partial charge in [0.25, 0.3) is 0 Å². The van der Waals surface area contributed by atoms with Crippen molar-refractivity contribution in [3.63, 3.8) is 0 Å². The molecule has 0 aliphatic carbocycles. The summed E-state index contributed by atoms with van der Waals surface area (Å²) < 4.78 is 17.8. The number of pyridine rings is 1. The Labute approximate surface area is 122 Å². The predicted octanol–water partition coefficient (Wildman–Crippen LogP) is 1.96. The topological polar surface area (TPSA) is 63.2 Å². The summed E-state index contributed by atoms with van der Waals surface area (Å²) in [5.74, 6) is 0.00505. The van der Waals surface area contributed by atoms with Gasteiger partial charge in [-0.3, -0.25) is 4.79 Å². The first-order valence-electron chi connectivity index (χ1n) is 6.42. The van der Waals surface area contributed by atoms with Crippen molar-refractivity contribution in [2.24, 2.45) is 0 Å². The van der Waals surface area contributed by atoms with E-state index in [4.69, 9.17) is 4.74 Å². The van der Waals surface area contributed by atoms with Gasteiger partial charge < -0.3 is 15.4 Å². The minimum Gasteiger partial charge on any atom is -0.481 e. The fourth-order valence-corrected chi connectivity index (χ4v) is 1.73. The summed E-state index contributed by atoms with van der Waals surface area (Å²) in [5, 5.41) is 5.69. The van der Waals surface area contributed by atoms with Gasteiger partial charge in [-0.2, -0.15) is 0 Å². The first-order chi connectivity index (χ1) is 10.2. The molecule has 0 fully saturated rings. The van der Waals surface area contributed by atoms with Gasteiger partial charge in [0, 0.05) is 24.5 Å². The van der Waals surface area contributed by atoms with Crippen LogP contribution in [0.2, 0.25) is 0 Å². The van der Waals surface area contributed by atoms with Gasteiger partial charge in [0.15, 0.2) is 0 Å². The molecule has 5 nitrogen and oxygen atoms in total. The van der Waals surface area contributed by atoms with E-state index >= 15 is 0 Å². The quantitative estimate of drug-likeness (QED) is 0.853. The monoisotopic (exact) mass is 289 g/mol. The Balaban J connectivity index is 1.77. The molecular formula is C15H16FN3O2. The number of aromatic nitrogens is 1. The fraction of sp³-hybridized carbons (Fsp3) is 0.200. The summed E-state index contributed by atoms with van der Waals surface area (Å²) in [5.41, 5.74) is 1.53. The third-order valence-corrected chi connectivity index (χ3v) is 2.75. The molecule has 0 saturated heterocycles. The maximum Gasteiger partial charge on any atom is 0.238 e. The van der Waals surface area contributed by atoms with Crippen molar-refractivity contribution in [1.82, 2.24) is 10.3 Å². The second-order valence-electron chi connectivity index (χ2n) is 4.37. The Hall–Kier alpha value is -2.47. The first kappa shape index (κ1) is 14.9. The number of amides is 1. The lowest BCUT2D eigenvalue weighted by atomic mass is 10.2. The van der Waals surface area contributed by atoms with E-state index in [1.807, 2.05) is 6.07 Å². The van der Waals surface area contributed by atoms with Crippen LogP contribution in [0.5, 0.6) is 5.88 Å². The minimum atomic E-state index is -0.335. The van der Waals surface area contributed by atoms with E-state index in [1.54, 1.807) is 19.4 Å². The summed E-state index contributed by atoms with van der Waals surface area (Å²) >= 11 is 0. The molecule has 1 aromatic carbocycles. The van der Waals surface area contributed by atoms with Gasteiger partial charge in [-0.15, -0.1) is 0 Å². The average molecular weight is 289 g/mol. The lowest BCUT2D eigenvalue weighted by Gasteiger charge is -2.07. The molecule has 2 rings (SSSR count). The van der Waals surface area contributed by atoms with Gasteiger partial charge in [0.05, 0.1) is 13.7 Å². The maximum atomic E-state index is 12.7. The highest BCUT2D eigenvalue weighted by molar-refractivity contribution is 5.92. The Morgan fingerprint density at radius 2 is 2.05 bits per heavy atom. The predicted molar refractivity (Wildman–Crippen MR) is 77.5 cm³/mol. The number of ether oxygens (including phenoxy) is 1. The summed E-state index contributed by atoms with van der Waals surface area (Å²) in [6.07, 6.45) is 1.65.